The van der Waals surface area contributed by atoms with Crippen LogP contribution in [0.3, 0.4) is 0 Å². The lowest BCUT2D eigenvalue weighted by Gasteiger charge is -2.12. The molecule has 0 fully saturated rings. The maximum Gasteiger partial charge on any atom is 0.255 e. The highest BCUT2D eigenvalue weighted by Crippen LogP contribution is 2.30. The first-order chi connectivity index (χ1) is 14.0. The number of nitrogen functional groups attached to an aromatic ring is 1. The summed E-state index contributed by atoms with van der Waals surface area (Å²) in [5, 5.41) is 7.58. The van der Waals surface area contributed by atoms with Crippen LogP contribution in [0.1, 0.15) is 22.8 Å². The highest BCUT2D eigenvalue weighted by atomic mass is 32.1. The van der Waals surface area contributed by atoms with Crippen LogP contribution in [0.5, 0.6) is 0 Å². The van der Waals surface area contributed by atoms with Gasteiger partial charge in [0.05, 0.1) is 17.4 Å². The van der Waals surface area contributed by atoms with Gasteiger partial charge in [-0.25, -0.2) is 0 Å². The summed E-state index contributed by atoms with van der Waals surface area (Å²) in [6.07, 6.45) is 0.406. The first kappa shape index (κ1) is 20.6. The molecule has 0 bridgehead atoms. The molecular formula is C22H24N4O2S. The minimum Gasteiger partial charge on any atom is -0.397 e. The zero-order valence-electron chi connectivity index (χ0n) is 16.1. The fourth-order valence-electron chi connectivity index (χ4n) is 2.90. The van der Waals surface area contributed by atoms with Gasteiger partial charge in [-0.2, -0.15) is 0 Å². The minimum atomic E-state index is -0.616. The number of amides is 2. The summed E-state index contributed by atoms with van der Waals surface area (Å²) in [4.78, 5) is 25.5. The molecule has 2 amide bonds. The molecule has 150 valence electrons. The highest BCUT2D eigenvalue weighted by molar-refractivity contribution is 7.13. The highest BCUT2D eigenvalue weighted by Gasteiger charge is 2.14. The molecule has 0 aliphatic heterocycles. The van der Waals surface area contributed by atoms with E-state index in [4.69, 9.17) is 11.5 Å². The number of nitrogens with two attached hydrogens (primary N) is 2. The molecule has 1 atom stereocenters. The summed E-state index contributed by atoms with van der Waals surface area (Å²) < 4.78 is 0. The van der Waals surface area contributed by atoms with E-state index in [1.54, 1.807) is 41.7 Å². The second kappa shape index (κ2) is 9.36. The summed E-state index contributed by atoms with van der Waals surface area (Å²) in [5.41, 5.74) is 15.4. The van der Waals surface area contributed by atoms with E-state index in [0.29, 0.717) is 29.9 Å². The van der Waals surface area contributed by atoms with Crippen molar-refractivity contribution in [3.63, 3.8) is 0 Å². The van der Waals surface area contributed by atoms with Crippen LogP contribution < -0.4 is 22.1 Å². The van der Waals surface area contributed by atoms with Crippen molar-refractivity contribution in [1.29, 1.82) is 0 Å². The molecule has 0 saturated heterocycles. The molecule has 6 N–H and O–H groups in total. The molecule has 1 aromatic heterocycles. The number of likely N-dealkylation sites (N-methyl/N-ethyl adjacent to an activating group) is 1. The monoisotopic (exact) mass is 408 g/mol. The van der Waals surface area contributed by atoms with Gasteiger partial charge in [0.1, 0.15) is 0 Å². The molecular weight excluding hydrogens is 384 g/mol. The lowest BCUT2D eigenvalue weighted by Crippen LogP contribution is -2.41. The number of anilines is 2. The fraction of sp³-hybridized carbons (Fsp3) is 0.182. The number of hydrogen-bond donors (Lipinski definition) is 4. The Kier molecular flexibility index (Phi) is 6.64. The second-order valence-corrected chi connectivity index (χ2v) is 7.58. The summed E-state index contributed by atoms with van der Waals surface area (Å²) >= 11 is 1.62. The standard InChI is InChI=1S/C22H24N4O2S/c1-2-25-22(28)18(24)12-14-5-7-15(8-6-14)21(27)26-19-13-16(9-10-17(19)23)20-4-3-11-29-20/h3-11,13,18H,2,12,23-24H2,1H3,(H,25,28)(H,26,27)/t18-/m0/s1. The molecule has 1 heterocycles. The SMILES string of the molecule is CCNC(=O)[C@@H](N)Cc1ccc(C(=O)Nc2cc(-c3cccs3)ccc2N)cc1. The molecule has 0 radical (unpaired) electrons. The largest absolute Gasteiger partial charge is 0.397 e. The Balaban J connectivity index is 1.68. The maximum absolute atomic E-state index is 12.6. The number of benzene rings is 2. The second-order valence-electron chi connectivity index (χ2n) is 6.64. The third-order valence-corrected chi connectivity index (χ3v) is 5.39. The first-order valence-corrected chi connectivity index (χ1v) is 10.2. The third-order valence-electron chi connectivity index (χ3n) is 4.47. The summed E-state index contributed by atoms with van der Waals surface area (Å²) in [6, 6.07) is 16.0. The Labute approximate surface area is 173 Å². The number of thiophene rings is 1. The van der Waals surface area contributed by atoms with Gasteiger partial charge < -0.3 is 22.1 Å². The molecule has 29 heavy (non-hydrogen) atoms. The predicted molar refractivity (Wildman–Crippen MR) is 119 cm³/mol. The third kappa shape index (κ3) is 5.22. The molecule has 0 spiro atoms. The topological polar surface area (TPSA) is 110 Å². The van der Waals surface area contributed by atoms with Crippen LogP contribution in [0.4, 0.5) is 11.4 Å². The zero-order valence-corrected chi connectivity index (χ0v) is 17.0. The van der Waals surface area contributed by atoms with Crippen LogP contribution in [0.2, 0.25) is 0 Å². The van der Waals surface area contributed by atoms with E-state index in [9.17, 15) is 9.59 Å². The van der Waals surface area contributed by atoms with Crippen molar-refractivity contribution in [2.45, 2.75) is 19.4 Å². The predicted octanol–water partition coefficient (Wildman–Crippen LogP) is 3.26. The molecule has 0 unspecified atom stereocenters. The molecule has 3 rings (SSSR count). The van der Waals surface area contributed by atoms with Crippen molar-refractivity contribution in [3.8, 4) is 10.4 Å². The van der Waals surface area contributed by atoms with Crippen LogP contribution in [-0.2, 0) is 11.2 Å². The number of hydrogen-bond acceptors (Lipinski definition) is 5. The van der Waals surface area contributed by atoms with Crippen LogP contribution in [0.25, 0.3) is 10.4 Å². The van der Waals surface area contributed by atoms with Gasteiger partial charge in [0, 0.05) is 17.0 Å². The Morgan fingerprint density at radius 3 is 2.52 bits per heavy atom. The van der Waals surface area contributed by atoms with Crippen molar-refractivity contribution in [2.75, 3.05) is 17.6 Å². The van der Waals surface area contributed by atoms with Crippen molar-refractivity contribution >= 4 is 34.5 Å². The Morgan fingerprint density at radius 2 is 1.86 bits per heavy atom. The Morgan fingerprint density at radius 1 is 1.10 bits per heavy atom. The van der Waals surface area contributed by atoms with Crippen molar-refractivity contribution in [1.82, 2.24) is 5.32 Å². The van der Waals surface area contributed by atoms with E-state index in [1.807, 2.05) is 36.6 Å². The van der Waals surface area contributed by atoms with Crippen molar-refractivity contribution in [3.05, 3.63) is 71.1 Å². The van der Waals surface area contributed by atoms with Gasteiger partial charge in [0.2, 0.25) is 5.91 Å². The van der Waals surface area contributed by atoms with Crippen molar-refractivity contribution in [2.24, 2.45) is 5.73 Å². The van der Waals surface area contributed by atoms with Gasteiger partial charge in [0.15, 0.2) is 0 Å². The van der Waals surface area contributed by atoms with Crippen LogP contribution in [0, 0.1) is 0 Å². The summed E-state index contributed by atoms with van der Waals surface area (Å²) in [5.74, 6) is -0.435. The van der Waals surface area contributed by atoms with E-state index in [1.165, 1.54) is 0 Å². The number of carbonyl (C=O) groups is 2. The molecule has 0 aliphatic rings. The smallest absolute Gasteiger partial charge is 0.255 e. The zero-order chi connectivity index (χ0) is 20.8. The summed E-state index contributed by atoms with van der Waals surface area (Å²) in [7, 11) is 0. The van der Waals surface area contributed by atoms with Gasteiger partial charge in [-0.3, -0.25) is 9.59 Å². The van der Waals surface area contributed by atoms with E-state index >= 15 is 0 Å². The molecule has 7 heteroatoms. The fourth-order valence-corrected chi connectivity index (χ4v) is 3.62. The van der Waals surface area contributed by atoms with Gasteiger partial charge >= 0.3 is 0 Å². The Bertz CT molecular complexity index is 985. The van der Waals surface area contributed by atoms with Gasteiger partial charge in [-0.05, 0) is 60.2 Å². The average Bonchev–Trinajstić information content (AvgIpc) is 3.25. The number of carbonyl (C=O) groups excluding carboxylic acids is 2. The quantitative estimate of drug-likeness (QED) is 0.450. The lowest BCUT2D eigenvalue weighted by molar-refractivity contribution is -0.122. The van der Waals surface area contributed by atoms with Crippen LogP contribution in [-0.4, -0.2) is 24.4 Å². The van der Waals surface area contributed by atoms with E-state index in [-0.39, 0.29) is 11.8 Å². The van der Waals surface area contributed by atoms with Crippen LogP contribution >= 0.6 is 11.3 Å². The molecule has 2 aromatic carbocycles. The molecule has 6 nitrogen and oxygen atoms in total. The molecule has 3 aromatic rings. The number of rotatable bonds is 7. The van der Waals surface area contributed by atoms with Gasteiger partial charge in [-0.15, -0.1) is 11.3 Å². The normalized spacial score (nSPS) is 11.7. The van der Waals surface area contributed by atoms with E-state index in [0.717, 1.165) is 16.0 Å². The van der Waals surface area contributed by atoms with Crippen molar-refractivity contribution < 1.29 is 9.59 Å². The summed E-state index contributed by atoms with van der Waals surface area (Å²) in [6.45, 7) is 2.39. The maximum atomic E-state index is 12.6. The lowest BCUT2D eigenvalue weighted by atomic mass is 10.0. The number of nitrogens with one attached hydrogen (secondary N) is 2. The van der Waals surface area contributed by atoms with E-state index in [2.05, 4.69) is 10.6 Å². The Hall–Kier alpha value is -3.16. The first-order valence-electron chi connectivity index (χ1n) is 9.35. The minimum absolute atomic E-state index is 0.185. The molecule has 0 saturated carbocycles. The van der Waals surface area contributed by atoms with Gasteiger partial charge in [0.25, 0.3) is 5.91 Å². The average molecular weight is 409 g/mol. The van der Waals surface area contributed by atoms with Gasteiger partial charge in [-0.1, -0.05) is 24.3 Å². The molecule has 0 aliphatic carbocycles. The van der Waals surface area contributed by atoms with Crippen LogP contribution in [0.15, 0.2) is 60.0 Å². The van der Waals surface area contributed by atoms with E-state index < -0.39 is 6.04 Å².